The van der Waals surface area contributed by atoms with E-state index < -0.39 is 0 Å². The number of nitrogens with zero attached hydrogens (tertiary/aromatic N) is 3. The molecule has 0 aliphatic rings. The van der Waals surface area contributed by atoms with E-state index in [0.717, 1.165) is 155 Å². The van der Waals surface area contributed by atoms with E-state index in [9.17, 15) is 19.2 Å². The van der Waals surface area contributed by atoms with Gasteiger partial charge in [-0.25, -0.2) is 0 Å². The molecular formula is C62H121N3O6. The van der Waals surface area contributed by atoms with Crippen molar-refractivity contribution >= 4 is 23.8 Å². The molecule has 0 aliphatic heterocycles. The van der Waals surface area contributed by atoms with Crippen LogP contribution in [0.2, 0.25) is 0 Å². The summed E-state index contributed by atoms with van der Waals surface area (Å²) >= 11 is 0. The lowest BCUT2D eigenvalue weighted by Gasteiger charge is -2.21. The summed E-state index contributed by atoms with van der Waals surface area (Å²) in [6.07, 6.45) is 45.5. The van der Waals surface area contributed by atoms with Crippen LogP contribution in [-0.4, -0.2) is 98.0 Å². The molecule has 0 rings (SSSR count). The highest BCUT2D eigenvalue weighted by Crippen LogP contribution is 2.23. The van der Waals surface area contributed by atoms with Crippen molar-refractivity contribution in [2.75, 3.05) is 59.5 Å². The Labute approximate surface area is 441 Å². The van der Waals surface area contributed by atoms with Crippen molar-refractivity contribution in [3.05, 3.63) is 0 Å². The van der Waals surface area contributed by atoms with Crippen LogP contribution < -0.4 is 0 Å². The summed E-state index contributed by atoms with van der Waals surface area (Å²) in [5, 5.41) is 0. The van der Waals surface area contributed by atoms with E-state index in [1.165, 1.54) is 135 Å². The summed E-state index contributed by atoms with van der Waals surface area (Å²) in [7, 11) is 2.24. The molecule has 71 heavy (non-hydrogen) atoms. The maximum absolute atomic E-state index is 13.0. The largest absolute Gasteiger partial charge is 0.465 e. The van der Waals surface area contributed by atoms with Gasteiger partial charge in [0.15, 0.2) is 0 Å². The Balaban J connectivity index is 4.03. The Kier molecular flexibility index (Phi) is 51.1. The SMILES string of the molecule is CCCCCCCCC(CCCCCC)C(=O)OCCCCCN(CC)C(=O)CCCCCCCN(C)CCCCCCCC(=O)N(CC)CCCCCOC(=O)C(CCCCCC)CCCCCCC. The molecule has 420 valence electrons. The van der Waals surface area contributed by atoms with Gasteiger partial charge in [0.25, 0.3) is 0 Å². The molecular weight excluding hydrogens is 883 g/mol. The van der Waals surface area contributed by atoms with E-state index in [0.29, 0.717) is 26.1 Å². The fourth-order valence-corrected chi connectivity index (χ4v) is 10.0. The van der Waals surface area contributed by atoms with E-state index in [4.69, 9.17) is 9.47 Å². The van der Waals surface area contributed by atoms with Crippen LogP contribution in [0.4, 0.5) is 0 Å². The normalized spacial score (nSPS) is 12.3. The fraction of sp³-hybridized carbons (Fsp3) is 0.935. The fourth-order valence-electron chi connectivity index (χ4n) is 10.0. The van der Waals surface area contributed by atoms with Crippen LogP contribution in [0.25, 0.3) is 0 Å². The van der Waals surface area contributed by atoms with Gasteiger partial charge in [0.1, 0.15) is 0 Å². The van der Waals surface area contributed by atoms with E-state index >= 15 is 0 Å². The average molecular weight is 1000 g/mol. The third-order valence-corrected chi connectivity index (χ3v) is 15.0. The summed E-state index contributed by atoms with van der Waals surface area (Å²) < 4.78 is 11.6. The van der Waals surface area contributed by atoms with Gasteiger partial charge in [-0.1, -0.05) is 188 Å². The van der Waals surface area contributed by atoms with Gasteiger partial charge in [0, 0.05) is 39.0 Å². The summed E-state index contributed by atoms with van der Waals surface area (Å²) in [5.41, 5.74) is 0. The van der Waals surface area contributed by atoms with Crippen molar-refractivity contribution in [2.45, 2.75) is 305 Å². The number of amides is 2. The topological polar surface area (TPSA) is 96.5 Å². The minimum atomic E-state index is 0.0180. The molecule has 0 spiro atoms. The van der Waals surface area contributed by atoms with Gasteiger partial charge >= 0.3 is 11.9 Å². The molecule has 9 heteroatoms. The molecule has 0 radical (unpaired) electrons. The molecule has 0 aromatic rings. The second kappa shape index (κ2) is 52.7. The van der Waals surface area contributed by atoms with E-state index in [2.05, 4.69) is 53.5 Å². The molecule has 0 aliphatic carbocycles. The highest BCUT2D eigenvalue weighted by atomic mass is 16.5. The molecule has 0 saturated carbocycles. The zero-order valence-electron chi connectivity index (χ0n) is 48.6. The average Bonchev–Trinajstić information content (AvgIpc) is 3.37. The minimum absolute atomic E-state index is 0.0180. The van der Waals surface area contributed by atoms with Crippen molar-refractivity contribution in [3.63, 3.8) is 0 Å². The summed E-state index contributed by atoms with van der Waals surface area (Å²) in [4.78, 5) is 58.3. The molecule has 0 fully saturated rings. The van der Waals surface area contributed by atoms with Gasteiger partial charge in [-0.3, -0.25) is 19.2 Å². The standard InChI is InChI=1S/C62H121N3O6/c1-8-14-18-22-26-36-48-58(46-34-21-17-11-4)62(69)71-56-44-32-42-54-65(13-6)60(67)50-38-28-24-30-40-52-63(7)51-39-29-23-27-37-49-59(66)64(12-5)53-41-31-43-55-70-61(68)57(45-33-20-16-10-3)47-35-25-19-15-9-2/h57-58H,8-56H2,1-7H3. The molecule has 9 nitrogen and oxygen atoms in total. The number of hydrogen-bond donors (Lipinski definition) is 0. The summed E-state index contributed by atoms with van der Waals surface area (Å²) in [6.45, 7) is 19.5. The van der Waals surface area contributed by atoms with Crippen molar-refractivity contribution in [3.8, 4) is 0 Å². The zero-order chi connectivity index (χ0) is 52.3. The van der Waals surface area contributed by atoms with Gasteiger partial charge in [-0.15, -0.1) is 0 Å². The van der Waals surface area contributed by atoms with Gasteiger partial charge < -0.3 is 24.2 Å². The van der Waals surface area contributed by atoms with Crippen molar-refractivity contribution in [2.24, 2.45) is 11.8 Å². The van der Waals surface area contributed by atoms with Crippen LogP contribution in [0.1, 0.15) is 305 Å². The second-order valence-electron chi connectivity index (χ2n) is 21.6. The number of hydrogen-bond acceptors (Lipinski definition) is 7. The first-order chi connectivity index (χ1) is 34.7. The molecule has 0 heterocycles. The lowest BCUT2D eigenvalue weighted by Crippen LogP contribution is -2.31. The van der Waals surface area contributed by atoms with E-state index in [1.54, 1.807) is 0 Å². The predicted octanol–water partition coefficient (Wildman–Crippen LogP) is 17.0. The Morgan fingerprint density at radius 1 is 0.324 bits per heavy atom. The lowest BCUT2D eigenvalue weighted by atomic mass is 9.94. The third-order valence-electron chi connectivity index (χ3n) is 15.0. The molecule has 0 N–H and O–H groups in total. The molecule has 0 aromatic carbocycles. The third kappa shape index (κ3) is 42.9. The highest BCUT2D eigenvalue weighted by Gasteiger charge is 2.21. The zero-order valence-corrected chi connectivity index (χ0v) is 48.6. The van der Waals surface area contributed by atoms with Gasteiger partial charge in [-0.2, -0.15) is 0 Å². The summed E-state index contributed by atoms with van der Waals surface area (Å²) in [6, 6.07) is 0. The Bertz CT molecular complexity index is 1200. The first-order valence-electron chi connectivity index (χ1n) is 31.3. The number of carbonyl (C=O) groups excluding carboxylic acids is 4. The van der Waals surface area contributed by atoms with Crippen LogP contribution in [-0.2, 0) is 28.7 Å². The van der Waals surface area contributed by atoms with Crippen LogP contribution in [0.3, 0.4) is 0 Å². The minimum Gasteiger partial charge on any atom is -0.465 e. The first kappa shape index (κ1) is 68.8. The Morgan fingerprint density at radius 3 is 0.930 bits per heavy atom. The molecule has 2 amide bonds. The van der Waals surface area contributed by atoms with E-state index in [-0.39, 0.29) is 35.6 Å². The van der Waals surface area contributed by atoms with Crippen LogP contribution >= 0.6 is 0 Å². The Hall–Kier alpha value is -2.16. The number of esters is 2. The number of rotatable bonds is 55. The van der Waals surface area contributed by atoms with Gasteiger partial charge in [0.2, 0.25) is 11.8 Å². The maximum atomic E-state index is 13.0. The van der Waals surface area contributed by atoms with E-state index in [1.807, 2.05) is 9.80 Å². The molecule has 0 saturated heterocycles. The second-order valence-corrected chi connectivity index (χ2v) is 21.6. The number of unbranched alkanes of at least 4 members (excludes halogenated alkanes) is 27. The van der Waals surface area contributed by atoms with Gasteiger partial charge in [-0.05, 0) is 124 Å². The Morgan fingerprint density at radius 2 is 0.592 bits per heavy atom. The molecule has 2 unspecified atom stereocenters. The van der Waals surface area contributed by atoms with Crippen molar-refractivity contribution < 1.29 is 28.7 Å². The van der Waals surface area contributed by atoms with Crippen LogP contribution in [0.5, 0.6) is 0 Å². The van der Waals surface area contributed by atoms with Crippen molar-refractivity contribution in [1.82, 2.24) is 14.7 Å². The maximum Gasteiger partial charge on any atom is 0.308 e. The highest BCUT2D eigenvalue weighted by molar-refractivity contribution is 5.76. The monoisotopic (exact) mass is 1000 g/mol. The first-order valence-corrected chi connectivity index (χ1v) is 31.3. The predicted molar refractivity (Wildman–Crippen MR) is 303 cm³/mol. The number of ether oxygens (including phenoxy) is 2. The van der Waals surface area contributed by atoms with Crippen molar-refractivity contribution in [1.29, 1.82) is 0 Å². The smallest absolute Gasteiger partial charge is 0.308 e. The lowest BCUT2D eigenvalue weighted by molar-refractivity contribution is -0.150. The van der Waals surface area contributed by atoms with Crippen LogP contribution in [0, 0.1) is 11.8 Å². The molecule has 0 bridgehead atoms. The molecule has 2 atom stereocenters. The van der Waals surface area contributed by atoms with Crippen LogP contribution in [0.15, 0.2) is 0 Å². The van der Waals surface area contributed by atoms with Gasteiger partial charge in [0.05, 0.1) is 25.0 Å². The molecule has 0 aromatic heterocycles. The quantitative estimate of drug-likeness (QED) is 0.0442. The number of carbonyl (C=O) groups is 4. The summed E-state index contributed by atoms with van der Waals surface area (Å²) in [5.74, 6) is 0.732.